The number of nitrogens with zero attached hydrogens (tertiary/aromatic N) is 2. The van der Waals surface area contributed by atoms with E-state index in [9.17, 15) is 0 Å². The third kappa shape index (κ3) is 2.50. The molecule has 116 valence electrons. The molecule has 1 aromatic heterocycles. The van der Waals surface area contributed by atoms with Gasteiger partial charge in [0.1, 0.15) is 0 Å². The maximum atomic E-state index is 5.10. The first-order valence-corrected chi connectivity index (χ1v) is 9.62. The second-order valence-corrected chi connectivity index (χ2v) is 8.05. The van der Waals surface area contributed by atoms with Gasteiger partial charge in [-0.1, -0.05) is 12.8 Å². The molecule has 1 aromatic rings. The van der Waals surface area contributed by atoms with Gasteiger partial charge in [-0.3, -0.25) is 0 Å². The van der Waals surface area contributed by atoms with Crippen LogP contribution in [0.3, 0.4) is 0 Å². The van der Waals surface area contributed by atoms with Crippen molar-refractivity contribution in [2.75, 3.05) is 18.5 Å². The number of aromatic nitrogens is 1. The molecule has 4 heteroatoms. The lowest BCUT2D eigenvalue weighted by Gasteiger charge is -2.44. The van der Waals surface area contributed by atoms with Crippen LogP contribution in [0.25, 0.3) is 0 Å². The highest BCUT2D eigenvalue weighted by Crippen LogP contribution is 2.42. The van der Waals surface area contributed by atoms with E-state index >= 15 is 0 Å². The lowest BCUT2D eigenvalue weighted by molar-refractivity contribution is 0.243. The van der Waals surface area contributed by atoms with E-state index in [1.807, 2.05) is 11.3 Å². The van der Waals surface area contributed by atoms with Crippen molar-refractivity contribution in [3.63, 3.8) is 0 Å². The normalized spacial score (nSPS) is 32.6. The molecule has 1 saturated heterocycles. The van der Waals surface area contributed by atoms with Crippen LogP contribution in [0.15, 0.2) is 0 Å². The molecule has 3 atom stereocenters. The summed E-state index contributed by atoms with van der Waals surface area (Å²) in [6.07, 6.45) is 12.3. The molecule has 0 aromatic carbocycles. The van der Waals surface area contributed by atoms with Crippen molar-refractivity contribution >= 4 is 16.5 Å². The molecule has 2 fully saturated rings. The summed E-state index contributed by atoms with van der Waals surface area (Å²) in [5, 5.41) is 4.79. The minimum atomic E-state index is 0.491. The monoisotopic (exact) mass is 305 g/mol. The smallest absolute Gasteiger partial charge is 0.186 e. The number of hydrogen-bond acceptors (Lipinski definition) is 4. The van der Waals surface area contributed by atoms with Crippen LogP contribution >= 0.6 is 11.3 Å². The van der Waals surface area contributed by atoms with E-state index in [1.54, 1.807) is 4.88 Å². The number of thiazole rings is 1. The minimum absolute atomic E-state index is 0.491. The van der Waals surface area contributed by atoms with E-state index in [4.69, 9.17) is 4.98 Å². The van der Waals surface area contributed by atoms with Gasteiger partial charge in [-0.2, -0.15) is 0 Å². The molecular weight excluding hydrogens is 278 g/mol. The highest BCUT2D eigenvalue weighted by atomic mass is 32.1. The van der Waals surface area contributed by atoms with Gasteiger partial charge in [0.2, 0.25) is 0 Å². The lowest BCUT2D eigenvalue weighted by atomic mass is 9.78. The lowest BCUT2D eigenvalue weighted by Crippen LogP contribution is -2.46. The number of rotatable bonds is 2. The Hall–Kier alpha value is -0.610. The van der Waals surface area contributed by atoms with Crippen LogP contribution in [0.1, 0.15) is 68.0 Å². The predicted octanol–water partition coefficient (Wildman–Crippen LogP) is 3.90. The third-order valence-electron chi connectivity index (χ3n) is 5.78. The van der Waals surface area contributed by atoms with Gasteiger partial charge in [-0.25, -0.2) is 4.98 Å². The largest absolute Gasteiger partial charge is 0.345 e. The second-order valence-electron chi connectivity index (χ2n) is 6.99. The number of anilines is 1. The first-order valence-electron chi connectivity index (χ1n) is 8.80. The molecule has 0 bridgehead atoms. The van der Waals surface area contributed by atoms with Crippen LogP contribution in [-0.2, 0) is 6.42 Å². The first-order chi connectivity index (χ1) is 10.4. The summed E-state index contributed by atoms with van der Waals surface area (Å²) < 4.78 is 0. The van der Waals surface area contributed by atoms with Crippen LogP contribution in [0.5, 0.6) is 0 Å². The van der Waals surface area contributed by atoms with E-state index in [1.165, 1.54) is 75.2 Å². The molecular formula is C17H27N3S. The zero-order valence-electron chi connectivity index (χ0n) is 13.1. The average Bonchev–Trinajstić information content (AvgIpc) is 2.98. The summed E-state index contributed by atoms with van der Waals surface area (Å²) in [7, 11) is 2.08. The van der Waals surface area contributed by atoms with Crippen molar-refractivity contribution in [3.05, 3.63) is 10.6 Å². The van der Waals surface area contributed by atoms with Crippen molar-refractivity contribution < 1.29 is 0 Å². The maximum absolute atomic E-state index is 5.10. The summed E-state index contributed by atoms with van der Waals surface area (Å²) in [6, 6.07) is 1.28. The predicted molar refractivity (Wildman–Crippen MR) is 89.2 cm³/mol. The molecule has 1 aliphatic heterocycles. The van der Waals surface area contributed by atoms with E-state index in [0.29, 0.717) is 6.04 Å². The molecule has 3 aliphatic rings. The van der Waals surface area contributed by atoms with Gasteiger partial charge in [-0.05, 0) is 57.9 Å². The van der Waals surface area contributed by atoms with Crippen LogP contribution in [0.2, 0.25) is 0 Å². The average molecular weight is 305 g/mol. The Balaban J connectivity index is 1.62. The van der Waals surface area contributed by atoms with Gasteiger partial charge in [0.25, 0.3) is 0 Å². The summed E-state index contributed by atoms with van der Waals surface area (Å²) in [4.78, 5) is 9.33. The van der Waals surface area contributed by atoms with E-state index < -0.39 is 0 Å². The van der Waals surface area contributed by atoms with Crippen LogP contribution in [0, 0.1) is 5.92 Å². The zero-order valence-corrected chi connectivity index (χ0v) is 13.9. The van der Waals surface area contributed by atoms with Crippen molar-refractivity contribution in [3.8, 4) is 0 Å². The SMILES string of the molecule is CNC1CCCc2sc(N3CCCC4CCCCC43)nc21. The Bertz CT molecular complexity index is 496. The fourth-order valence-electron chi connectivity index (χ4n) is 4.67. The molecule has 21 heavy (non-hydrogen) atoms. The van der Waals surface area contributed by atoms with Gasteiger partial charge in [-0.15, -0.1) is 11.3 Å². The summed E-state index contributed by atoms with van der Waals surface area (Å²) >= 11 is 1.99. The van der Waals surface area contributed by atoms with Gasteiger partial charge in [0, 0.05) is 17.5 Å². The summed E-state index contributed by atoms with van der Waals surface area (Å²) in [5.41, 5.74) is 1.36. The molecule has 1 saturated carbocycles. The Kier molecular flexibility index (Phi) is 3.92. The van der Waals surface area contributed by atoms with Crippen molar-refractivity contribution in [2.45, 2.75) is 69.9 Å². The minimum Gasteiger partial charge on any atom is -0.345 e. The van der Waals surface area contributed by atoms with E-state index in [2.05, 4.69) is 17.3 Å². The Labute approximate surface area is 132 Å². The van der Waals surface area contributed by atoms with Gasteiger partial charge < -0.3 is 10.2 Å². The van der Waals surface area contributed by atoms with Crippen molar-refractivity contribution in [2.24, 2.45) is 5.92 Å². The Morgan fingerprint density at radius 3 is 2.86 bits per heavy atom. The number of fused-ring (bicyclic) bond motifs is 2. The molecule has 0 spiro atoms. The Morgan fingerprint density at radius 2 is 1.95 bits per heavy atom. The molecule has 2 aliphatic carbocycles. The summed E-state index contributed by atoms with van der Waals surface area (Å²) in [6.45, 7) is 1.23. The van der Waals surface area contributed by atoms with Gasteiger partial charge >= 0.3 is 0 Å². The highest BCUT2D eigenvalue weighted by Gasteiger charge is 2.35. The first kappa shape index (κ1) is 14.0. The van der Waals surface area contributed by atoms with E-state index in [0.717, 1.165) is 12.0 Å². The van der Waals surface area contributed by atoms with Crippen LogP contribution in [-0.4, -0.2) is 24.6 Å². The van der Waals surface area contributed by atoms with E-state index in [-0.39, 0.29) is 0 Å². The fraction of sp³-hybridized carbons (Fsp3) is 0.824. The number of piperidine rings is 1. The molecule has 3 nitrogen and oxygen atoms in total. The molecule has 2 heterocycles. The molecule has 3 unspecified atom stereocenters. The number of aryl methyl sites for hydroxylation is 1. The second kappa shape index (κ2) is 5.88. The number of hydrogen-bond donors (Lipinski definition) is 1. The summed E-state index contributed by atoms with van der Waals surface area (Å²) in [5.74, 6) is 0.938. The highest BCUT2D eigenvalue weighted by molar-refractivity contribution is 7.15. The van der Waals surface area contributed by atoms with Gasteiger partial charge in [0.15, 0.2) is 5.13 Å². The molecule has 0 amide bonds. The van der Waals surface area contributed by atoms with Crippen molar-refractivity contribution in [1.29, 1.82) is 0 Å². The Morgan fingerprint density at radius 1 is 1.10 bits per heavy atom. The third-order valence-corrected chi connectivity index (χ3v) is 6.95. The molecule has 4 rings (SSSR count). The molecule has 0 radical (unpaired) electrons. The fourth-order valence-corrected chi connectivity index (χ4v) is 5.92. The van der Waals surface area contributed by atoms with Crippen molar-refractivity contribution in [1.82, 2.24) is 10.3 Å². The molecule has 1 N–H and O–H groups in total. The standard InChI is InChI=1S/C17H27N3S/c1-18-13-8-4-10-15-16(13)19-17(21-15)20-11-5-7-12-6-2-3-9-14(12)20/h12-14,18H,2-11H2,1H3. The maximum Gasteiger partial charge on any atom is 0.186 e. The quantitative estimate of drug-likeness (QED) is 0.898. The van der Waals surface area contributed by atoms with Crippen LogP contribution in [0.4, 0.5) is 5.13 Å². The zero-order chi connectivity index (χ0) is 14.2. The van der Waals surface area contributed by atoms with Gasteiger partial charge in [0.05, 0.1) is 11.7 Å². The van der Waals surface area contributed by atoms with Crippen LogP contribution < -0.4 is 10.2 Å². The topological polar surface area (TPSA) is 28.2 Å². The number of nitrogens with one attached hydrogen (secondary N) is 1.